The largest absolute Gasteiger partial charge is 0.466 e. The molecule has 1 aromatic heterocycles. The van der Waals surface area contributed by atoms with Crippen LogP contribution in [0.5, 0.6) is 0 Å². The summed E-state index contributed by atoms with van der Waals surface area (Å²) in [7, 11) is 0. The number of ether oxygens (including phenoxy) is 1. The highest BCUT2D eigenvalue weighted by Gasteiger charge is 2.37. The minimum atomic E-state index is -0.676. The molecule has 0 amide bonds. The molecule has 1 aromatic carbocycles. The third-order valence-corrected chi connectivity index (χ3v) is 6.58. The van der Waals surface area contributed by atoms with Gasteiger partial charge in [-0.25, -0.2) is 8.78 Å². The molecular weight excluding hydrogens is 402 g/mol. The van der Waals surface area contributed by atoms with Gasteiger partial charge < -0.3 is 10.1 Å². The molecule has 2 aliphatic rings. The number of thiocarbonyl (C=S) groups is 1. The lowest BCUT2D eigenvalue weighted by molar-refractivity contribution is -0.147. The van der Waals surface area contributed by atoms with Gasteiger partial charge >= 0.3 is 5.97 Å². The van der Waals surface area contributed by atoms with Crippen LogP contribution in [0.1, 0.15) is 35.4 Å². The van der Waals surface area contributed by atoms with Gasteiger partial charge in [0.05, 0.1) is 29.8 Å². The Morgan fingerprint density at radius 3 is 2.71 bits per heavy atom. The molecular formula is C20H18F2N2O2S2. The van der Waals surface area contributed by atoms with E-state index >= 15 is 0 Å². The summed E-state index contributed by atoms with van der Waals surface area (Å²) in [5, 5.41) is 3.91. The van der Waals surface area contributed by atoms with Crippen molar-refractivity contribution in [1.82, 2.24) is 0 Å². The van der Waals surface area contributed by atoms with Gasteiger partial charge in [0, 0.05) is 10.4 Å². The van der Waals surface area contributed by atoms with Gasteiger partial charge in [-0.1, -0.05) is 18.3 Å². The lowest BCUT2D eigenvalue weighted by Gasteiger charge is -2.12. The minimum Gasteiger partial charge on any atom is -0.466 e. The van der Waals surface area contributed by atoms with Crippen LogP contribution < -0.4 is 5.32 Å². The zero-order valence-corrected chi connectivity index (χ0v) is 17.0. The summed E-state index contributed by atoms with van der Waals surface area (Å²) in [5.41, 5.74) is 1.61. The number of hydrogen-bond acceptors (Lipinski definition) is 5. The van der Waals surface area contributed by atoms with Crippen molar-refractivity contribution in [1.29, 1.82) is 0 Å². The number of nitrogens with zero attached hydrogens (tertiary/aromatic N) is 1. The summed E-state index contributed by atoms with van der Waals surface area (Å²) in [4.78, 5) is 18.3. The molecule has 0 spiro atoms. The maximum atomic E-state index is 14.6. The van der Waals surface area contributed by atoms with E-state index in [1.807, 2.05) is 0 Å². The first kappa shape index (κ1) is 19.1. The first-order valence-corrected chi connectivity index (χ1v) is 10.3. The smallest absolute Gasteiger partial charge is 0.309 e. The summed E-state index contributed by atoms with van der Waals surface area (Å²) in [6.07, 6.45) is 1.00. The van der Waals surface area contributed by atoms with Crippen molar-refractivity contribution in [2.75, 3.05) is 11.9 Å². The van der Waals surface area contributed by atoms with E-state index in [-0.39, 0.29) is 23.2 Å². The Morgan fingerprint density at radius 1 is 1.32 bits per heavy atom. The number of aliphatic imine (C=N–C) groups is 1. The Kier molecular flexibility index (Phi) is 5.01. The van der Waals surface area contributed by atoms with Crippen molar-refractivity contribution in [3.63, 3.8) is 0 Å². The standard InChI is InChI=1S/C20H18F2N2O2S2/c1-3-26-20(25)10-7-11-14(8-10)28-19-15(11)17(23-9(2)18(27)24-19)16-12(21)5-4-6-13(16)22/h4-6,9-10H,3,7-8H2,1-2H3,(H,24,27)/t9-,10?/m0/s1. The fraction of sp³-hybridized carbons (Fsp3) is 0.350. The highest BCUT2D eigenvalue weighted by molar-refractivity contribution is 7.80. The second kappa shape index (κ2) is 7.33. The second-order valence-electron chi connectivity index (χ2n) is 6.80. The van der Waals surface area contributed by atoms with Crippen LogP contribution in [0.25, 0.3) is 0 Å². The van der Waals surface area contributed by atoms with E-state index in [1.54, 1.807) is 13.8 Å². The molecule has 1 aliphatic heterocycles. The summed E-state index contributed by atoms with van der Waals surface area (Å²) >= 11 is 6.85. The van der Waals surface area contributed by atoms with Gasteiger partial charge in [-0.3, -0.25) is 9.79 Å². The highest BCUT2D eigenvalue weighted by Crippen LogP contribution is 2.44. The molecule has 2 aromatic rings. The Hall–Kier alpha value is -2.19. The van der Waals surface area contributed by atoms with Crippen LogP contribution >= 0.6 is 23.6 Å². The van der Waals surface area contributed by atoms with E-state index in [4.69, 9.17) is 17.0 Å². The monoisotopic (exact) mass is 420 g/mol. The maximum Gasteiger partial charge on any atom is 0.309 e. The molecule has 0 bridgehead atoms. The quantitative estimate of drug-likeness (QED) is 0.595. The minimum absolute atomic E-state index is 0.165. The van der Waals surface area contributed by atoms with Gasteiger partial charge in [-0.15, -0.1) is 11.3 Å². The van der Waals surface area contributed by atoms with E-state index in [0.717, 1.165) is 15.4 Å². The predicted octanol–water partition coefficient (Wildman–Crippen LogP) is 4.28. The number of nitrogens with one attached hydrogen (secondary N) is 1. The van der Waals surface area contributed by atoms with Crippen LogP contribution in [-0.4, -0.2) is 29.3 Å². The zero-order chi connectivity index (χ0) is 20.0. The van der Waals surface area contributed by atoms with Crippen molar-refractivity contribution < 1.29 is 18.3 Å². The first-order valence-electron chi connectivity index (χ1n) is 9.05. The van der Waals surface area contributed by atoms with Crippen molar-refractivity contribution >= 4 is 45.2 Å². The highest BCUT2D eigenvalue weighted by atomic mass is 32.1. The van der Waals surface area contributed by atoms with Gasteiger partial charge in [0.2, 0.25) is 0 Å². The van der Waals surface area contributed by atoms with Crippen molar-refractivity contribution in [3.8, 4) is 0 Å². The molecule has 0 radical (unpaired) electrons. The number of hydrogen-bond donors (Lipinski definition) is 1. The molecule has 0 saturated heterocycles. The van der Waals surface area contributed by atoms with Gasteiger partial charge in [0.25, 0.3) is 0 Å². The molecule has 1 aliphatic carbocycles. The van der Waals surface area contributed by atoms with Gasteiger partial charge in [-0.05, 0) is 44.4 Å². The van der Waals surface area contributed by atoms with Crippen LogP contribution in [-0.2, 0) is 22.4 Å². The third-order valence-electron chi connectivity index (χ3n) is 4.97. The predicted molar refractivity (Wildman–Crippen MR) is 110 cm³/mol. The number of halogens is 2. The van der Waals surface area contributed by atoms with Crippen LogP contribution in [0.15, 0.2) is 23.2 Å². The number of carbonyl (C=O) groups is 1. The Morgan fingerprint density at radius 2 is 2.04 bits per heavy atom. The number of esters is 1. The third kappa shape index (κ3) is 3.14. The first-order chi connectivity index (χ1) is 13.4. The molecule has 1 unspecified atom stereocenters. The average Bonchev–Trinajstić information content (AvgIpc) is 3.15. The molecule has 1 N–H and O–H groups in total. The van der Waals surface area contributed by atoms with Crippen LogP contribution in [0.2, 0.25) is 0 Å². The molecule has 146 valence electrons. The lowest BCUT2D eigenvalue weighted by Crippen LogP contribution is -2.20. The Bertz CT molecular complexity index is 996. The van der Waals surface area contributed by atoms with E-state index in [9.17, 15) is 13.6 Å². The summed E-state index contributed by atoms with van der Waals surface area (Å²) < 4.78 is 34.4. The number of fused-ring (bicyclic) bond motifs is 3. The molecule has 8 heteroatoms. The summed E-state index contributed by atoms with van der Waals surface area (Å²) in [5.74, 6) is -1.89. The van der Waals surface area contributed by atoms with E-state index < -0.39 is 17.7 Å². The number of carbonyl (C=O) groups excluding carboxylic acids is 1. The van der Waals surface area contributed by atoms with E-state index in [0.29, 0.717) is 30.0 Å². The molecule has 0 saturated carbocycles. The van der Waals surface area contributed by atoms with Gasteiger partial charge in [0.1, 0.15) is 21.6 Å². The average molecular weight is 421 g/mol. The molecule has 0 fully saturated rings. The number of benzene rings is 1. The topological polar surface area (TPSA) is 50.7 Å². The summed E-state index contributed by atoms with van der Waals surface area (Å²) in [6.45, 7) is 3.88. The molecule has 2 heterocycles. The number of rotatable bonds is 3. The number of anilines is 1. The SMILES string of the molecule is CCOC(=O)C1Cc2sc3c(c2C1)C(c1c(F)cccc1F)=N[C@@H](C)C(=S)N3. The Balaban J connectivity index is 1.86. The van der Waals surface area contributed by atoms with Gasteiger partial charge in [-0.2, -0.15) is 0 Å². The van der Waals surface area contributed by atoms with Crippen molar-refractivity contribution in [3.05, 3.63) is 51.4 Å². The van der Waals surface area contributed by atoms with E-state index in [2.05, 4.69) is 10.3 Å². The normalized spacial score (nSPS) is 20.7. The van der Waals surface area contributed by atoms with E-state index in [1.165, 1.54) is 29.5 Å². The lowest BCUT2D eigenvalue weighted by atomic mass is 9.97. The van der Waals surface area contributed by atoms with Crippen molar-refractivity contribution in [2.45, 2.75) is 32.7 Å². The molecule has 4 rings (SSSR count). The fourth-order valence-corrected chi connectivity index (χ4v) is 5.19. The van der Waals surface area contributed by atoms with Crippen LogP contribution in [0, 0.1) is 17.6 Å². The fourth-order valence-electron chi connectivity index (χ4n) is 3.65. The molecule has 4 nitrogen and oxygen atoms in total. The maximum absolute atomic E-state index is 14.6. The molecule has 2 atom stereocenters. The van der Waals surface area contributed by atoms with Crippen LogP contribution in [0.3, 0.4) is 0 Å². The van der Waals surface area contributed by atoms with Gasteiger partial charge in [0.15, 0.2) is 0 Å². The zero-order valence-electron chi connectivity index (χ0n) is 15.3. The molecule has 28 heavy (non-hydrogen) atoms. The Labute approximate surface area is 170 Å². The second-order valence-corrected chi connectivity index (χ2v) is 8.35. The van der Waals surface area contributed by atoms with Crippen LogP contribution in [0.4, 0.5) is 13.8 Å². The van der Waals surface area contributed by atoms with Crippen molar-refractivity contribution in [2.24, 2.45) is 10.9 Å². The number of thiophene rings is 1. The summed E-state index contributed by atoms with van der Waals surface area (Å²) in [6, 6.07) is 3.33.